The molecule has 10 nitrogen and oxygen atoms in total. The lowest BCUT2D eigenvalue weighted by molar-refractivity contribution is 0.0540. The van der Waals surface area contributed by atoms with Gasteiger partial charge in [0.15, 0.2) is 15.9 Å². The minimum atomic E-state index is -0.717. The second-order valence-electron chi connectivity index (χ2n) is 8.23. The van der Waals surface area contributed by atoms with Gasteiger partial charge in [-0.05, 0) is 48.8 Å². The first-order valence-corrected chi connectivity index (χ1v) is 10.3. The van der Waals surface area contributed by atoms with Crippen molar-refractivity contribution in [3.8, 4) is 0 Å². The highest BCUT2D eigenvalue weighted by molar-refractivity contribution is 9.10. The zero-order valence-electron chi connectivity index (χ0n) is 17.7. The molecule has 0 radical (unpaired) electrons. The van der Waals surface area contributed by atoms with Gasteiger partial charge in [0.2, 0.25) is 0 Å². The molecule has 4 aromatic heterocycles. The fraction of sp³-hybridized carbons (Fsp3) is 0.350. The zero-order chi connectivity index (χ0) is 22.7. The van der Waals surface area contributed by atoms with Crippen molar-refractivity contribution in [1.82, 2.24) is 28.2 Å². The van der Waals surface area contributed by atoms with Crippen LogP contribution in [0.25, 0.3) is 22.1 Å². The smallest absolute Gasteiger partial charge is 0.419 e. The van der Waals surface area contributed by atoms with Crippen LogP contribution in [0.3, 0.4) is 0 Å². The van der Waals surface area contributed by atoms with Gasteiger partial charge in [-0.15, -0.1) is 0 Å². The number of carbonyl (C=O) groups is 1. The van der Waals surface area contributed by atoms with Crippen LogP contribution in [0, 0.1) is 0 Å². The van der Waals surface area contributed by atoms with E-state index in [1.807, 2.05) is 0 Å². The van der Waals surface area contributed by atoms with Crippen molar-refractivity contribution in [2.45, 2.75) is 32.9 Å². The van der Waals surface area contributed by atoms with Crippen LogP contribution in [-0.4, -0.2) is 39.9 Å². The van der Waals surface area contributed by atoms with E-state index in [0.29, 0.717) is 21.3 Å². The summed E-state index contributed by atoms with van der Waals surface area (Å²) >= 11 is 3.29. The van der Waals surface area contributed by atoms with Crippen molar-refractivity contribution >= 4 is 44.1 Å². The number of fused-ring (bicyclic) bond motifs is 2. The summed E-state index contributed by atoms with van der Waals surface area (Å²) in [4.78, 5) is 47.5. The number of ether oxygens (including phenoxy) is 1. The largest absolute Gasteiger partial charge is 0.443 e. The first-order valence-electron chi connectivity index (χ1n) is 9.49. The maximum absolute atomic E-state index is 13.2. The van der Waals surface area contributed by atoms with E-state index in [2.05, 4.69) is 25.9 Å². The Morgan fingerprint density at radius 2 is 1.90 bits per heavy atom. The van der Waals surface area contributed by atoms with Crippen molar-refractivity contribution < 1.29 is 9.53 Å². The van der Waals surface area contributed by atoms with Gasteiger partial charge in [-0.25, -0.2) is 19.1 Å². The number of pyridine rings is 1. The van der Waals surface area contributed by atoms with Crippen molar-refractivity contribution in [1.29, 1.82) is 0 Å². The van der Waals surface area contributed by atoms with Crippen LogP contribution in [0.1, 0.15) is 26.5 Å². The highest BCUT2D eigenvalue weighted by Crippen LogP contribution is 2.22. The predicted octanol–water partition coefficient (Wildman–Crippen LogP) is 2.38. The summed E-state index contributed by atoms with van der Waals surface area (Å²) < 4.78 is 11.3. The second-order valence-corrected chi connectivity index (χ2v) is 8.94. The molecular formula is C20H21BrN6O4. The van der Waals surface area contributed by atoms with E-state index in [-0.39, 0.29) is 17.7 Å². The Morgan fingerprint density at radius 3 is 2.58 bits per heavy atom. The molecule has 0 amide bonds. The number of imidazole rings is 1. The highest BCUT2D eigenvalue weighted by Gasteiger charge is 2.24. The van der Waals surface area contributed by atoms with E-state index < -0.39 is 22.9 Å². The van der Waals surface area contributed by atoms with Gasteiger partial charge in [-0.2, -0.15) is 0 Å². The van der Waals surface area contributed by atoms with Crippen molar-refractivity contribution in [3.05, 3.63) is 55.8 Å². The first-order chi connectivity index (χ1) is 14.5. The molecule has 4 aromatic rings. The number of hydrogen-bond donors (Lipinski definition) is 0. The molecule has 0 N–H and O–H groups in total. The number of halogens is 1. The molecule has 31 heavy (non-hydrogen) atoms. The quantitative estimate of drug-likeness (QED) is 0.401. The van der Waals surface area contributed by atoms with E-state index in [1.165, 1.54) is 9.13 Å². The molecule has 11 heteroatoms. The van der Waals surface area contributed by atoms with Crippen molar-refractivity contribution in [3.63, 3.8) is 0 Å². The Kier molecular flexibility index (Phi) is 4.88. The maximum atomic E-state index is 13.2. The average molecular weight is 489 g/mol. The van der Waals surface area contributed by atoms with Crippen molar-refractivity contribution in [2.75, 3.05) is 0 Å². The van der Waals surface area contributed by atoms with Crippen LogP contribution in [0.4, 0.5) is 4.79 Å². The summed E-state index contributed by atoms with van der Waals surface area (Å²) in [6.45, 7) is 5.18. The molecule has 0 saturated heterocycles. The highest BCUT2D eigenvalue weighted by atomic mass is 79.9. The molecule has 4 heterocycles. The van der Waals surface area contributed by atoms with Gasteiger partial charge in [0.05, 0.1) is 17.8 Å². The molecule has 0 aliphatic carbocycles. The second kappa shape index (κ2) is 7.19. The number of hydrogen-bond acceptors (Lipinski definition) is 6. The van der Waals surface area contributed by atoms with Gasteiger partial charge in [0.1, 0.15) is 5.60 Å². The Labute approximate surface area is 184 Å². The molecule has 0 aliphatic rings. The summed E-state index contributed by atoms with van der Waals surface area (Å²) in [7, 11) is 3.23. The molecular weight excluding hydrogens is 468 g/mol. The minimum absolute atomic E-state index is 0.127. The first kappa shape index (κ1) is 21.0. The molecule has 0 spiro atoms. The van der Waals surface area contributed by atoms with Crippen LogP contribution in [-0.2, 0) is 25.4 Å². The van der Waals surface area contributed by atoms with Crippen LogP contribution in [0.2, 0.25) is 0 Å². The average Bonchev–Trinajstić information content (AvgIpc) is 3.19. The fourth-order valence-corrected chi connectivity index (χ4v) is 3.82. The Hall–Kier alpha value is -3.21. The van der Waals surface area contributed by atoms with Gasteiger partial charge < -0.3 is 9.30 Å². The molecule has 0 aliphatic heterocycles. The third-order valence-corrected chi connectivity index (χ3v) is 5.59. The number of nitrogens with zero attached hydrogens (tertiary/aromatic N) is 6. The number of carbonyl (C=O) groups excluding carboxylic acids is 1. The van der Waals surface area contributed by atoms with Gasteiger partial charge in [0.25, 0.3) is 5.56 Å². The standard InChI is InChI=1S/C20H21BrN6O4/c1-20(2,3)31-19(30)27-12(8-11-9-22-7-6-13(11)27)10-26-16(28)14-15(25(5)18(26)29)23-17(21)24(14)4/h6-9H,10H2,1-5H3. The normalized spacial score (nSPS) is 12.1. The van der Waals surface area contributed by atoms with E-state index >= 15 is 0 Å². The molecule has 0 saturated carbocycles. The molecule has 0 fully saturated rings. The lowest BCUT2D eigenvalue weighted by atomic mass is 10.2. The summed E-state index contributed by atoms with van der Waals surface area (Å²) in [6.07, 6.45) is 2.58. The van der Waals surface area contributed by atoms with Crippen LogP contribution < -0.4 is 11.2 Å². The molecule has 0 aromatic carbocycles. The van der Waals surface area contributed by atoms with Gasteiger partial charge >= 0.3 is 11.8 Å². The van der Waals surface area contributed by atoms with E-state index in [4.69, 9.17) is 4.74 Å². The van der Waals surface area contributed by atoms with Crippen LogP contribution in [0.5, 0.6) is 0 Å². The molecule has 0 bridgehead atoms. The van der Waals surface area contributed by atoms with Gasteiger partial charge in [0, 0.05) is 31.9 Å². The predicted molar refractivity (Wildman–Crippen MR) is 118 cm³/mol. The monoisotopic (exact) mass is 488 g/mol. The topological polar surface area (TPSA) is 106 Å². The third kappa shape index (κ3) is 3.48. The summed E-state index contributed by atoms with van der Waals surface area (Å²) in [5.74, 6) is 0. The van der Waals surface area contributed by atoms with Crippen molar-refractivity contribution in [2.24, 2.45) is 14.1 Å². The number of aryl methyl sites for hydroxylation is 2. The lowest BCUT2D eigenvalue weighted by Gasteiger charge is -2.21. The van der Waals surface area contributed by atoms with E-state index in [0.717, 1.165) is 4.57 Å². The van der Waals surface area contributed by atoms with Gasteiger partial charge in [-0.1, -0.05) is 0 Å². The van der Waals surface area contributed by atoms with Crippen LogP contribution in [0.15, 0.2) is 38.8 Å². The van der Waals surface area contributed by atoms with Gasteiger partial charge in [-0.3, -0.25) is 18.9 Å². The summed E-state index contributed by atoms with van der Waals surface area (Å²) in [5, 5.41) is 0.692. The molecule has 162 valence electrons. The zero-order valence-corrected chi connectivity index (χ0v) is 19.3. The minimum Gasteiger partial charge on any atom is -0.443 e. The van der Waals surface area contributed by atoms with Crippen LogP contribution >= 0.6 is 15.9 Å². The molecule has 4 rings (SSSR count). The fourth-order valence-electron chi connectivity index (χ4n) is 3.47. The van der Waals surface area contributed by atoms with E-state index in [9.17, 15) is 14.4 Å². The third-order valence-electron chi connectivity index (χ3n) is 4.88. The Bertz CT molecular complexity index is 1470. The lowest BCUT2D eigenvalue weighted by Crippen LogP contribution is -2.40. The number of rotatable bonds is 2. The Balaban J connectivity index is 1.94. The summed E-state index contributed by atoms with van der Waals surface area (Å²) in [5.41, 5.74) is -0.205. The molecule has 0 unspecified atom stereocenters. The SMILES string of the molecule is Cn1c(Br)nc2c1c(=O)n(Cc1cc3cnccc3n1C(=O)OC(C)(C)C)c(=O)n2C. The maximum Gasteiger partial charge on any atom is 0.419 e. The molecule has 0 atom stereocenters. The Morgan fingerprint density at radius 1 is 1.19 bits per heavy atom. The number of aromatic nitrogens is 6. The van der Waals surface area contributed by atoms with E-state index in [1.54, 1.807) is 64.0 Å². The summed E-state index contributed by atoms with van der Waals surface area (Å²) in [6, 6.07) is 3.41.